The first-order chi connectivity index (χ1) is 8.27. The number of hydrogen-bond donors (Lipinski definition) is 0. The second-order valence-corrected chi connectivity index (χ2v) is 5.26. The minimum absolute atomic E-state index is 0.385. The van der Waals surface area contributed by atoms with Crippen molar-refractivity contribution in [2.75, 3.05) is 12.0 Å². The summed E-state index contributed by atoms with van der Waals surface area (Å²) in [7, 11) is 0. The lowest BCUT2D eigenvalue weighted by Gasteiger charge is -2.15. The second kappa shape index (κ2) is 5.74. The van der Waals surface area contributed by atoms with Crippen LogP contribution in [0.3, 0.4) is 0 Å². The average molecular weight is 270 g/mol. The van der Waals surface area contributed by atoms with Crippen LogP contribution < -0.4 is 0 Å². The number of nitrogens with zero attached hydrogens (tertiary/aromatic N) is 3. The fourth-order valence-electron chi connectivity index (χ4n) is 1.95. The molecule has 0 N–H and O–H groups in total. The van der Waals surface area contributed by atoms with Crippen molar-refractivity contribution in [3.63, 3.8) is 0 Å². The Morgan fingerprint density at radius 2 is 2.35 bits per heavy atom. The van der Waals surface area contributed by atoms with Crippen LogP contribution in [0.5, 0.6) is 0 Å². The third-order valence-corrected chi connectivity index (χ3v) is 3.70. The Balaban J connectivity index is 2.42. The lowest BCUT2D eigenvalue weighted by molar-refractivity contribution is 0.530. The molecule has 0 aliphatic carbocycles. The van der Waals surface area contributed by atoms with Gasteiger partial charge in [0.05, 0.1) is 5.88 Å². The largest absolute Gasteiger partial charge is 0.309 e. The van der Waals surface area contributed by atoms with Gasteiger partial charge in [0.2, 0.25) is 0 Å². The molecule has 2 aromatic rings. The van der Waals surface area contributed by atoms with Gasteiger partial charge in [-0.05, 0) is 37.5 Å². The Kier molecular flexibility index (Phi) is 4.29. The number of alkyl halides is 1. The van der Waals surface area contributed by atoms with Crippen molar-refractivity contribution in [3.05, 3.63) is 24.2 Å². The number of aromatic nitrogens is 3. The third-order valence-electron chi connectivity index (χ3n) is 2.82. The van der Waals surface area contributed by atoms with Crippen LogP contribution in [0.25, 0.3) is 11.2 Å². The lowest BCUT2D eigenvalue weighted by Crippen LogP contribution is -2.10. The predicted octanol–water partition coefficient (Wildman–Crippen LogP) is 3.48. The van der Waals surface area contributed by atoms with Gasteiger partial charge >= 0.3 is 0 Å². The molecule has 0 spiro atoms. The zero-order valence-electron chi connectivity index (χ0n) is 10.1. The molecule has 0 aromatic carbocycles. The van der Waals surface area contributed by atoms with E-state index in [9.17, 15) is 0 Å². The molecule has 1 unspecified atom stereocenters. The van der Waals surface area contributed by atoms with Crippen molar-refractivity contribution in [2.24, 2.45) is 0 Å². The Bertz CT molecular complexity index is 497. The van der Waals surface area contributed by atoms with Gasteiger partial charge in [0.25, 0.3) is 0 Å². The van der Waals surface area contributed by atoms with Crippen LogP contribution in [0.15, 0.2) is 18.3 Å². The van der Waals surface area contributed by atoms with E-state index in [1.807, 2.05) is 23.9 Å². The SMILES string of the molecule is CSCCC(C)n1c(CCl)nc2cccnc21. The van der Waals surface area contributed by atoms with E-state index in [4.69, 9.17) is 11.6 Å². The molecule has 17 heavy (non-hydrogen) atoms. The van der Waals surface area contributed by atoms with Crippen molar-refractivity contribution < 1.29 is 0 Å². The molecule has 0 radical (unpaired) electrons. The summed E-state index contributed by atoms with van der Waals surface area (Å²) >= 11 is 7.82. The average Bonchev–Trinajstić information content (AvgIpc) is 2.74. The lowest BCUT2D eigenvalue weighted by atomic mass is 10.2. The van der Waals surface area contributed by atoms with Crippen LogP contribution in [0, 0.1) is 0 Å². The summed E-state index contributed by atoms with van der Waals surface area (Å²) in [5.74, 6) is 2.48. The summed E-state index contributed by atoms with van der Waals surface area (Å²) < 4.78 is 2.17. The molecule has 0 fully saturated rings. The van der Waals surface area contributed by atoms with Crippen molar-refractivity contribution >= 4 is 34.5 Å². The van der Waals surface area contributed by atoms with E-state index < -0.39 is 0 Å². The smallest absolute Gasteiger partial charge is 0.160 e. The zero-order chi connectivity index (χ0) is 12.3. The molecule has 0 saturated carbocycles. The first-order valence-corrected chi connectivity index (χ1v) is 7.57. The van der Waals surface area contributed by atoms with Gasteiger partial charge in [-0.1, -0.05) is 0 Å². The monoisotopic (exact) mass is 269 g/mol. The van der Waals surface area contributed by atoms with Crippen LogP contribution >= 0.6 is 23.4 Å². The van der Waals surface area contributed by atoms with E-state index in [-0.39, 0.29) is 0 Å². The molecule has 5 heteroatoms. The number of fused-ring (bicyclic) bond motifs is 1. The zero-order valence-corrected chi connectivity index (χ0v) is 11.6. The molecular formula is C12H16ClN3S. The van der Waals surface area contributed by atoms with Crippen molar-refractivity contribution in [3.8, 4) is 0 Å². The normalized spacial score (nSPS) is 13.1. The highest BCUT2D eigenvalue weighted by Crippen LogP contribution is 2.23. The summed E-state index contributed by atoms with van der Waals surface area (Å²) in [6.45, 7) is 2.20. The molecule has 2 rings (SSSR count). The summed E-state index contributed by atoms with van der Waals surface area (Å²) in [6, 6.07) is 4.27. The molecule has 1 atom stereocenters. The summed E-state index contributed by atoms with van der Waals surface area (Å²) in [6.07, 6.45) is 5.03. The maximum Gasteiger partial charge on any atom is 0.160 e. The molecule has 0 bridgehead atoms. The number of halogens is 1. The standard InChI is InChI=1S/C12H16ClN3S/c1-9(5-7-17-2)16-11(8-13)15-10-4-3-6-14-12(10)16/h3-4,6,9H,5,7-8H2,1-2H3. The van der Waals surface area contributed by atoms with Crippen molar-refractivity contribution in [2.45, 2.75) is 25.3 Å². The van der Waals surface area contributed by atoms with Crippen LogP contribution in [0.2, 0.25) is 0 Å². The van der Waals surface area contributed by atoms with E-state index >= 15 is 0 Å². The number of rotatable bonds is 5. The first kappa shape index (κ1) is 12.7. The minimum Gasteiger partial charge on any atom is -0.309 e. The summed E-state index contributed by atoms with van der Waals surface area (Å²) in [4.78, 5) is 8.94. The Morgan fingerprint density at radius 1 is 1.53 bits per heavy atom. The maximum atomic E-state index is 5.97. The number of pyridine rings is 1. The molecule has 92 valence electrons. The van der Waals surface area contributed by atoms with Crippen LogP contribution in [-0.4, -0.2) is 26.5 Å². The van der Waals surface area contributed by atoms with E-state index in [2.05, 4.69) is 27.7 Å². The fraction of sp³-hybridized carbons (Fsp3) is 0.500. The van der Waals surface area contributed by atoms with Gasteiger partial charge in [0, 0.05) is 12.2 Å². The third kappa shape index (κ3) is 2.58. The van der Waals surface area contributed by atoms with Crippen LogP contribution in [0.1, 0.15) is 25.2 Å². The summed E-state index contributed by atoms with van der Waals surface area (Å²) in [5, 5.41) is 0. The Morgan fingerprint density at radius 3 is 3.06 bits per heavy atom. The van der Waals surface area contributed by atoms with Gasteiger partial charge < -0.3 is 4.57 Å². The topological polar surface area (TPSA) is 30.7 Å². The first-order valence-electron chi connectivity index (χ1n) is 5.64. The van der Waals surface area contributed by atoms with Crippen LogP contribution in [0.4, 0.5) is 0 Å². The van der Waals surface area contributed by atoms with E-state index in [0.29, 0.717) is 11.9 Å². The van der Waals surface area contributed by atoms with Gasteiger partial charge in [-0.25, -0.2) is 9.97 Å². The fourth-order valence-corrected chi connectivity index (χ4v) is 2.72. The molecule has 2 heterocycles. The molecular weight excluding hydrogens is 254 g/mol. The molecule has 0 aliphatic heterocycles. The number of imidazole rings is 1. The van der Waals surface area contributed by atoms with Gasteiger partial charge in [0.1, 0.15) is 11.3 Å². The van der Waals surface area contributed by atoms with E-state index in [1.165, 1.54) is 0 Å². The van der Waals surface area contributed by atoms with Crippen LogP contribution in [-0.2, 0) is 5.88 Å². The van der Waals surface area contributed by atoms with E-state index in [1.54, 1.807) is 6.20 Å². The highest BCUT2D eigenvalue weighted by atomic mass is 35.5. The summed E-state index contributed by atoms with van der Waals surface area (Å²) in [5.41, 5.74) is 1.87. The van der Waals surface area contributed by atoms with Crippen molar-refractivity contribution in [1.82, 2.24) is 14.5 Å². The Hall–Kier alpha value is -0.740. The molecule has 0 saturated heterocycles. The molecule has 3 nitrogen and oxygen atoms in total. The molecule has 0 amide bonds. The number of hydrogen-bond acceptors (Lipinski definition) is 3. The quantitative estimate of drug-likeness (QED) is 0.779. The van der Waals surface area contributed by atoms with Gasteiger partial charge in [-0.2, -0.15) is 11.8 Å². The molecule has 2 aromatic heterocycles. The maximum absolute atomic E-state index is 5.97. The van der Waals surface area contributed by atoms with Gasteiger partial charge in [-0.3, -0.25) is 0 Å². The van der Waals surface area contributed by atoms with Crippen molar-refractivity contribution in [1.29, 1.82) is 0 Å². The predicted molar refractivity (Wildman–Crippen MR) is 74.8 cm³/mol. The van der Waals surface area contributed by atoms with Gasteiger partial charge in [-0.15, -0.1) is 11.6 Å². The molecule has 0 aliphatic rings. The van der Waals surface area contributed by atoms with Gasteiger partial charge in [0.15, 0.2) is 5.65 Å². The highest BCUT2D eigenvalue weighted by molar-refractivity contribution is 7.98. The minimum atomic E-state index is 0.385. The highest BCUT2D eigenvalue weighted by Gasteiger charge is 2.15. The number of thioether (sulfide) groups is 1. The van der Waals surface area contributed by atoms with E-state index in [0.717, 1.165) is 29.2 Å². The Labute approximate surface area is 111 Å². The second-order valence-electron chi connectivity index (χ2n) is 4.01.